The Kier molecular flexibility index (Phi) is 5.07. The lowest BCUT2D eigenvalue weighted by Crippen LogP contribution is -2.32. The number of nitrogens with two attached hydrogens (primary N) is 1. The van der Waals surface area contributed by atoms with Crippen molar-refractivity contribution in [3.63, 3.8) is 0 Å². The molecular weight excluding hydrogens is 228 g/mol. The third-order valence-corrected chi connectivity index (χ3v) is 2.95. The van der Waals surface area contributed by atoms with Crippen LogP contribution < -0.4 is 10.5 Å². The topological polar surface area (TPSA) is 85.4 Å². The highest BCUT2D eigenvalue weighted by molar-refractivity contribution is 7.98. The number of carboxylic acids is 1. The summed E-state index contributed by atoms with van der Waals surface area (Å²) in [6.45, 7) is 0. The molecule has 16 heavy (non-hydrogen) atoms. The van der Waals surface area contributed by atoms with E-state index in [1.54, 1.807) is 13.2 Å². The fourth-order valence-corrected chi connectivity index (χ4v) is 1.90. The largest absolute Gasteiger partial charge is 0.481 e. The minimum absolute atomic E-state index is 0.369. The van der Waals surface area contributed by atoms with Crippen LogP contribution in [0.25, 0.3) is 0 Å². The van der Waals surface area contributed by atoms with Gasteiger partial charge in [-0.15, -0.1) is 0 Å². The van der Waals surface area contributed by atoms with Crippen LogP contribution >= 0.6 is 11.8 Å². The zero-order chi connectivity index (χ0) is 12.0. The molecule has 0 aromatic carbocycles. The Hall–Kier alpha value is -1.27. The SMILES string of the molecule is COc1cccc(CSCC(N)C(=O)O)n1. The summed E-state index contributed by atoms with van der Waals surface area (Å²) in [4.78, 5) is 14.7. The number of hydrogen-bond donors (Lipinski definition) is 2. The second kappa shape index (κ2) is 6.34. The highest BCUT2D eigenvalue weighted by atomic mass is 32.2. The Bertz CT molecular complexity index is 360. The first kappa shape index (κ1) is 12.8. The van der Waals surface area contributed by atoms with Crippen molar-refractivity contribution in [2.75, 3.05) is 12.9 Å². The molecule has 1 unspecified atom stereocenters. The number of thioether (sulfide) groups is 1. The van der Waals surface area contributed by atoms with Crippen molar-refractivity contribution in [3.05, 3.63) is 23.9 Å². The number of rotatable bonds is 6. The van der Waals surface area contributed by atoms with Crippen LogP contribution in [0.1, 0.15) is 5.69 Å². The van der Waals surface area contributed by atoms with Crippen molar-refractivity contribution >= 4 is 17.7 Å². The number of nitrogens with zero attached hydrogens (tertiary/aromatic N) is 1. The van der Waals surface area contributed by atoms with E-state index in [-0.39, 0.29) is 0 Å². The van der Waals surface area contributed by atoms with E-state index in [9.17, 15) is 4.79 Å². The predicted molar refractivity (Wildman–Crippen MR) is 62.6 cm³/mol. The monoisotopic (exact) mass is 242 g/mol. The molecule has 0 bridgehead atoms. The minimum Gasteiger partial charge on any atom is -0.481 e. The van der Waals surface area contributed by atoms with Gasteiger partial charge in [0, 0.05) is 17.6 Å². The van der Waals surface area contributed by atoms with E-state index in [0.717, 1.165) is 5.69 Å². The average Bonchev–Trinajstić information content (AvgIpc) is 2.29. The van der Waals surface area contributed by atoms with E-state index >= 15 is 0 Å². The van der Waals surface area contributed by atoms with Gasteiger partial charge >= 0.3 is 5.97 Å². The van der Waals surface area contributed by atoms with Gasteiger partial charge in [-0.05, 0) is 6.07 Å². The summed E-state index contributed by atoms with van der Waals surface area (Å²) >= 11 is 1.44. The molecule has 0 saturated heterocycles. The van der Waals surface area contributed by atoms with Crippen molar-refractivity contribution in [2.24, 2.45) is 5.73 Å². The zero-order valence-corrected chi connectivity index (χ0v) is 9.74. The molecule has 0 spiro atoms. The van der Waals surface area contributed by atoms with Gasteiger partial charge in [0.05, 0.1) is 12.8 Å². The number of pyridine rings is 1. The number of aliphatic carboxylic acids is 1. The minimum atomic E-state index is -0.980. The number of methoxy groups -OCH3 is 1. The molecule has 0 aliphatic heterocycles. The van der Waals surface area contributed by atoms with Crippen LogP contribution in [-0.4, -0.2) is 35.0 Å². The molecule has 0 aliphatic rings. The molecule has 5 nitrogen and oxygen atoms in total. The molecule has 0 aliphatic carbocycles. The Morgan fingerprint density at radius 2 is 2.44 bits per heavy atom. The predicted octanol–water partition coefficient (Wildman–Crippen LogP) is 0.735. The molecule has 0 fully saturated rings. The van der Waals surface area contributed by atoms with Gasteiger partial charge in [-0.2, -0.15) is 11.8 Å². The van der Waals surface area contributed by atoms with E-state index in [1.165, 1.54) is 11.8 Å². The Labute approximate surface area is 98.0 Å². The fraction of sp³-hybridized carbons (Fsp3) is 0.400. The number of carboxylic acid groups (broad SMARTS) is 1. The van der Waals surface area contributed by atoms with Gasteiger partial charge in [-0.3, -0.25) is 4.79 Å². The summed E-state index contributed by atoms with van der Waals surface area (Å²) in [5, 5.41) is 8.59. The molecule has 0 radical (unpaired) electrons. The van der Waals surface area contributed by atoms with Crippen LogP contribution in [0, 0.1) is 0 Å². The van der Waals surface area contributed by atoms with Crippen molar-refractivity contribution in [1.29, 1.82) is 0 Å². The lowest BCUT2D eigenvalue weighted by Gasteiger charge is -2.06. The summed E-state index contributed by atoms with van der Waals surface area (Å²) in [6.07, 6.45) is 0. The fourth-order valence-electron chi connectivity index (χ4n) is 1.01. The maximum absolute atomic E-state index is 10.5. The molecule has 6 heteroatoms. The zero-order valence-electron chi connectivity index (χ0n) is 8.92. The van der Waals surface area contributed by atoms with E-state index < -0.39 is 12.0 Å². The summed E-state index contributed by atoms with van der Waals surface area (Å²) in [6, 6.07) is 4.65. The van der Waals surface area contributed by atoms with Crippen molar-refractivity contribution in [3.8, 4) is 5.88 Å². The first-order valence-corrected chi connectivity index (χ1v) is 5.85. The second-order valence-electron chi connectivity index (χ2n) is 3.13. The van der Waals surface area contributed by atoms with Crippen molar-refractivity contribution < 1.29 is 14.6 Å². The van der Waals surface area contributed by atoms with Crippen LogP contribution in [0.2, 0.25) is 0 Å². The number of carbonyl (C=O) groups is 1. The lowest BCUT2D eigenvalue weighted by molar-refractivity contribution is -0.137. The van der Waals surface area contributed by atoms with Gasteiger partial charge in [0.15, 0.2) is 0 Å². The lowest BCUT2D eigenvalue weighted by atomic mass is 10.4. The molecule has 1 aromatic heterocycles. The number of aromatic nitrogens is 1. The summed E-state index contributed by atoms with van der Waals surface area (Å²) in [7, 11) is 1.56. The van der Waals surface area contributed by atoms with E-state index in [1.807, 2.05) is 12.1 Å². The third-order valence-electron chi connectivity index (χ3n) is 1.85. The molecule has 3 N–H and O–H groups in total. The average molecular weight is 242 g/mol. The van der Waals surface area contributed by atoms with Gasteiger partial charge < -0.3 is 15.6 Å². The second-order valence-corrected chi connectivity index (χ2v) is 4.16. The van der Waals surface area contributed by atoms with E-state index in [4.69, 9.17) is 15.6 Å². The van der Waals surface area contributed by atoms with Gasteiger partial charge in [-0.25, -0.2) is 4.98 Å². The van der Waals surface area contributed by atoms with Gasteiger partial charge in [0.1, 0.15) is 6.04 Å². The van der Waals surface area contributed by atoms with Crippen LogP contribution in [-0.2, 0) is 10.5 Å². The first-order valence-electron chi connectivity index (χ1n) is 4.69. The van der Waals surface area contributed by atoms with E-state index in [2.05, 4.69) is 4.98 Å². The molecule has 0 amide bonds. The molecule has 1 heterocycles. The van der Waals surface area contributed by atoms with Crippen LogP contribution in [0.4, 0.5) is 0 Å². The first-order chi connectivity index (χ1) is 7.63. The van der Waals surface area contributed by atoms with Crippen LogP contribution in [0.5, 0.6) is 5.88 Å². The quantitative estimate of drug-likeness (QED) is 0.765. The van der Waals surface area contributed by atoms with Crippen molar-refractivity contribution in [1.82, 2.24) is 4.98 Å². The molecule has 1 rings (SSSR count). The molecule has 88 valence electrons. The maximum atomic E-state index is 10.5. The summed E-state index contributed by atoms with van der Waals surface area (Å²) in [5.41, 5.74) is 6.22. The summed E-state index contributed by atoms with van der Waals surface area (Å²) in [5.74, 6) is 0.568. The Balaban J connectivity index is 2.39. The number of ether oxygens (including phenoxy) is 1. The Morgan fingerprint density at radius 3 is 3.06 bits per heavy atom. The number of hydrogen-bond acceptors (Lipinski definition) is 5. The maximum Gasteiger partial charge on any atom is 0.321 e. The van der Waals surface area contributed by atoms with Gasteiger partial charge in [0.25, 0.3) is 0 Å². The van der Waals surface area contributed by atoms with E-state index in [0.29, 0.717) is 17.4 Å². The Morgan fingerprint density at radius 1 is 1.69 bits per heavy atom. The molecule has 1 aromatic rings. The highest BCUT2D eigenvalue weighted by Crippen LogP contribution is 2.14. The molecular formula is C10H14N2O3S. The van der Waals surface area contributed by atoms with Crippen LogP contribution in [0.3, 0.4) is 0 Å². The standard InChI is InChI=1S/C10H14N2O3S/c1-15-9-4-2-3-7(12-9)5-16-6-8(11)10(13)14/h2-4,8H,5-6,11H2,1H3,(H,13,14). The van der Waals surface area contributed by atoms with Gasteiger partial charge in [-0.1, -0.05) is 6.07 Å². The smallest absolute Gasteiger partial charge is 0.321 e. The highest BCUT2D eigenvalue weighted by Gasteiger charge is 2.11. The van der Waals surface area contributed by atoms with Crippen LogP contribution in [0.15, 0.2) is 18.2 Å². The van der Waals surface area contributed by atoms with Crippen molar-refractivity contribution in [2.45, 2.75) is 11.8 Å². The summed E-state index contributed by atoms with van der Waals surface area (Å²) < 4.78 is 4.98. The molecule has 1 atom stereocenters. The molecule has 0 saturated carbocycles. The third kappa shape index (κ3) is 4.08. The van der Waals surface area contributed by atoms with Gasteiger partial charge in [0.2, 0.25) is 5.88 Å². The normalized spacial score (nSPS) is 12.1.